The lowest BCUT2D eigenvalue weighted by molar-refractivity contribution is -0.122. The van der Waals surface area contributed by atoms with E-state index in [1.807, 2.05) is 19.1 Å². The lowest BCUT2D eigenvalue weighted by Crippen LogP contribution is -2.29. The minimum Gasteiger partial charge on any atom is -0.483 e. The number of carbonyl (C=O) groups excluding carboxylic acids is 1. The molecule has 0 aliphatic heterocycles. The lowest BCUT2D eigenvalue weighted by atomic mass is 10.1. The second kappa shape index (κ2) is 7.04. The molecule has 1 rings (SSSR count). The van der Waals surface area contributed by atoms with E-state index < -0.39 is 0 Å². The molecule has 0 saturated heterocycles. The third-order valence-electron chi connectivity index (χ3n) is 2.21. The summed E-state index contributed by atoms with van der Waals surface area (Å²) in [6.45, 7) is 1.97. The molecule has 4 nitrogen and oxygen atoms in total. The minimum absolute atomic E-state index is 0.0803. The number of ether oxygens (including phenoxy) is 1. The van der Waals surface area contributed by atoms with Gasteiger partial charge >= 0.3 is 0 Å². The topological polar surface area (TPSA) is 64.3 Å². The summed E-state index contributed by atoms with van der Waals surface area (Å²) in [7, 11) is 0. The van der Waals surface area contributed by atoms with Gasteiger partial charge in [0.15, 0.2) is 6.61 Å². The number of terminal acetylenes is 1. The molecule has 96 valence electrons. The van der Waals surface area contributed by atoms with Crippen LogP contribution in [0.25, 0.3) is 0 Å². The molecular formula is C13H15BrN2O2. The van der Waals surface area contributed by atoms with Crippen LogP contribution in [0.3, 0.4) is 0 Å². The van der Waals surface area contributed by atoms with Crippen LogP contribution in [0.15, 0.2) is 22.7 Å². The average molecular weight is 311 g/mol. The first kappa shape index (κ1) is 14.6. The predicted octanol–water partition coefficient (Wildman–Crippen LogP) is 1.60. The first-order valence-electron chi connectivity index (χ1n) is 5.42. The van der Waals surface area contributed by atoms with Gasteiger partial charge in [-0.25, -0.2) is 0 Å². The predicted molar refractivity (Wildman–Crippen MR) is 74.1 cm³/mol. The van der Waals surface area contributed by atoms with Crippen molar-refractivity contribution in [1.29, 1.82) is 0 Å². The zero-order chi connectivity index (χ0) is 13.5. The van der Waals surface area contributed by atoms with Gasteiger partial charge in [0.1, 0.15) is 5.75 Å². The maximum absolute atomic E-state index is 11.4. The Bertz CT molecular complexity index is 467. The minimum atomic E-state index is -0.258. The normalized spacial score (nSPS) is 11.4. The monoisotopic (exact) mass is 310 g/mol. The Balaban J connectivity index is 2.67. The summed E-state index contributed by atoms with van der Waals surface area (Å²) in [6, 6.07) is 5.31. The molecule has 0 heterocycles. The molecule has 1 aromatic rings. The number of nitrogens with one attached hydrogen (secondary N) is 1. The number of nitrogens with two attached hydrogens (primary N) is 1. The number of rotatable bonds is 5. The van der Waals surface area contributed by atoms with Crippen LogP contribution in [-0.2, 0) is 4.79 Å². The number of hydrogen-bond acceptors (Lipinski definition) is 3. The van der Waals surface area contributed by atoms with E-state index in [-0.39, 0.29) is 25.1 Å². The van der Waals surface area contributed by atoms with Gasteiger partial charge in [0.2, 0.25) is 0 Å². The maximum atomic E-state index is 11.4. The molecule has 0 fully saturated rings. The van der Waals surface area contributed by atoms with Gasteiger partial charge in [0.05, 0.1) is 6.54 Å². The molecule has 0 aliphatic rings. The Morgan fingerprint density at radius 3 is 3.00 bits per heavy atom. The number of carbonyl (C=O) groups is 1. The molecule has 3 N–H and O–H groups in total. The van der Waals surface area contributed by atoms with Gasteiger partial charge in [-0.1, -0.05) is 21.9 Å². The fourth-order valence-corrected chi connectivity index (χ4v) is 1.73. The van der Waals surface area contributed by atoms with Gasteiger partial charge < -0.3 is 15.8 Å². The lowest BCUT2D eigenvalue weighted by Gasteiger charge is -2.14. The van der Waals surface area contributed by atoms with Crippen LogP contribution in [0, 0.1) is 12.3 Å². The van der Waals surface area contributed by atoms with E-state index in [2.05, 4.69) is 27.2 Å². The number of hydrogen-bond donors (Lipinski definition) is 2. The highest BCUT2D eigenvalue weighted by atomic mass is 79.9. The zero-order valence-electron chi connectivity index (χ0n) is 10.1. The van der Waals surface area contributed by atoms with E-state index in [4.69, 9.17) is 16.9 Å². The molecule has 0 radical (unpaired) electrons. The van der Waals surface area contributed by atoms with Gasteiger partial charge in [-0.2, -0.15) is 0 Å². The van der Waals surface area contributed by atoms with Crippen LogP contribution < -0.4 is 15.8 Å². The molecule has 0 bridgehead atoms. The van der Waals surface area contributed by atoms with E-state index in [1.54, 1.807) is 6.07 Å². The molecule has 0 aliphatic carbocycles. The van der Waals surface area contributed by atoms with Crippen LogP contribution in [-0.4, -0.2) is 19.1 Å². The van der Waals surface area contributed by atoms with Crippen molar-refractivity contribution in [3.63, 3.8) is 0 Å². The molecule has 1 aromatic carbocycles. The highest BCUT2D eigenvalue weighted by Gasteiger charge is 2.10. The summed E-state index contributed by atoms with van der Waals surface area (Å²) >= 11 is 3.37. The van der Waals surface area contributed by atoms with Gasteiger partial charge in [-0.15, -0.1) is 6.42 Å². The summed E-state index contributed by atoms with van der Waals surface area (Å²) in [4.78, 5) is 11.4. The molecule has 1 amide bonds. The first-order chi connectivity index (χ1) is 8.54. The van der Waals surface area contributed by atoms with Crippen molar-refractivity contribution >= 4 is 21.8 Å². The second-order valence-corrected chi connectivity index (χ2v) is 4.66. The maximum Gasteiger partial charge on any atom is 0.258 e. The largest absolute Gasteiger partial charge is 0.483 e. The first-order valence-corrected chi connectivity index (χ1v) is 6.22. The molecule has 5 heteroatoms. The van der Waals surface area contributed by atoms with E-state index >= 15 is 0 Å². The molecule has 1 atom stereocenters. The van der Waals surface area contributed by atoms with Crippen LogP contribution in [0.5, 0.6) is 5.75 Å². The third-order valence-corrected chi connectivity index (χ3v) is 2.70. The van der Waals surface area contributed by atoms with E-state index in [0.717, 1.165) is 10.0 Å². The summed E-state index contributed by atoms with van der Waals surface area (Å²) in [5.74, 6) is 2.66. The zero-order valence-corrected chi connectivity index (χ0v) is 11.7. The molecular weight excluding hydrogens is 296 g/mol. The van der Waals surface area contributed by atoms with E-state index in [9.17, 15) is 4.79 Å². The summed E-state index contributed by atoms with van der Waals surface area (Å²) < 4.78 is 6.35. The molecule has 18 heavy (non-hydrogen) atoms. The molecule has 0 spiro atoms. The van der Waals surface area contributed by atoms with Crippen molar-refractivity contribution in [3.8, 4) is 18.1 Å². The third kappa shape index (κ3) is 4.40. The van der Waals surface area contributed by atoms with Crippen molar-refractivity contribution in [2.45, 2.75) is 13.0 Å². The Labute approximate surface area is 115 Å². The summed E-state index contributed by atoms with van der Waals surface area (Å²) in [5.41, 5.74) is 6.68. The highest BCUT2D eigenvalue weighted by Crippen LogP contribution is 2.27. The summed E-state index contributed by atoms with van der Waals surface area (Å²) in [6.07, 6.45) is 5.04. The Morgan fingerprint density at radius 1 is 1.67 bits per heavy atom. The van der Waals surface area contributed by atoms with Gasteiger partial charge in [0.25, 0.3) is 5.91 Å². The fourth-order valence-electron chi connectivity index (χ4n) is 1.35. The second-order valence-electron chi connectivity index (χ2n) is 3.74. The van der Waals surface area contributed by atoms with Crippen LogP contribution in [0.2, 0.25) is 0 Å². The Hall–Kier alpha value is -1.51. The van der Waals surface area contributed by atoms with Crippen molar-refractivity contribution in [1.82, 2.24) is 5.32 Å². The highest BCUT2D eigenvalue weighted by molar-refractivity contribution is 9.10. The SMILES string of the molecule is C#CCNC(=O)COc1ccc(Br)cc1[C@H](C)N. The van der Waals surface area contributed by atoms with Gasteiger partial charge in [0, 0.05) is 16.1 Å². The smallest absolute Gasteiger partial charge is 0.258 e. The van der Waals surface area contributed by atoms with Crippen molar-refractivity contribution in [2.24, 2.45) is 5.73 Å². The summed E-state index contributed by atoms with van der Waals surface area (Å²) in [5, 5.41) is 2.52. The fraction of sp³-hybridized carbons (Fsp3) is 0.308. The Kier molecular flexibility index (Phi) is 5.69. The van der Waals surface area contributed by atoms with Crippen molar-refractivity contribution in [2.75, 3.05) is 13.2 Å². The number of benzene rings is 1. The van der Waals surface area contributed by atoms with Crippen molar-refractivity contribution < 1.29 is 9.53 Å². The van der Waals surface area contributed by atoms with Crippen LogP contribution in [0.1, 0.15) is 18.5 Å². The molecule has 0 aromatic heterocycles. The van der Waals surface area contributed by atoms with Gasteiger partial charge in [-0.3, -0.25) is 4.79 Å². The van der Waals surface area contributed by atoms with Gasteiger partial charge in [-0.05, 0) is 25.1 Å². The van der Waals surface area contributed by atoms with Crippen LogP contribution >= 0.6 is 15.9 Å². The molecule has 0 unspecified atom stereocenters. The van der Waals surface area contributed by atoms with E-state index in [1.165, 1.54) is 0 Å². The van der Waals surface area contributed by atoms with E-state index in [0.29, 0.717) is 5.75 Å². The average Bonchev–Trinajstić information content (AvgIpc) is 2.34. The molecule has 0 saturated carbocycles. The number of halogens is 1. The van der Waals surface area contributed by atoms with Crippen LogP contribution in [0.4, 0.5) is 0 Å². The quantitative estimate of drug-likeness (QED) is 0.812. The standard InChI is InChI=1S/C13H15BrN2O2/c1-3-6-16-13(17)8-18-12-5-4-10(14)7-11(12)9(2)15/h1,4-5,7,9H,6,8,15H2,2H3,(H,16,17)/t9-/m0/s1. The Morgan fingerprint density at radius 2 is 2.39 bits per heavy atom. The number of amides is 1. The van der Waals surface area contributed by atoms with Crippen molar-refractivity contribution in [3.05, 3.63) is 28.2 Å².